The van der Waals surface area contributed by atoms with E-state index < -0.39 is 28.9 Å². The molecule has 0 aliphatic heterocycles. The van der Waals surface area contributed by atoms with Crippen molar-refractivity contribution in [3.05, 3.63) is 100 Å². The number of aromatic nitrogens is 2. The first-order valence-electron chi connectivity index (χ1n) is 10.7. The van der Waals surface area contributed by atoms with Crippen LogP contribution in [0, 0.1) is 63.2 Å². The molecule has 0 bridgehead atoms. The van der Waals surface area contributed by atoms with E-state index in [1.165, 1.54) is 17.2 Å². The predicted octanol–water partition coefficient (Wildman–Crippen LogP) is 6.16. The molecule has 5 rings (SSSR count). The molecule has 0 aliphatic rings. The Balaban J connectivity index is 0.000000220. The van der Waals surface area contributed by atoms with E-state index in [4.69, 9.17) is 4.42 Å². The minimum atomic E-state index is -5.28. The van der Waals surface area contributed by atoms with Crippen LogP contribution in [-0.4, -0.2) is 27.0 Å². The van der Waals surface area contributed by atoms with Gasteiger partial charge in [-0.25, -0.2) is 4.79 Å². The van der Waals surface area contributed by atoms with Crippen molar-refractivity contribution >= 4 is 27.5 Å². The first-order valence-corrected chi connectivity index (χ1v) is 10.7. The van der Waals surface area contributed by atoms with Gasteiger partial charge in [-0.1, -0.05) is 30.3 Å². The number of pyridine rings is 2. The summed E-state index contributed by atoms with van der Waals surface area (Å²) in [7, 11) is 0. The van der Waals surface area contributed by atoms with Crippen LogP contribution < -0.4 is 5.63 Å². The van der Waals surface area contributed by atoms with Gasteiger partial charge in [0.1, 0.15) is 11.3 Å². The van der Waals surface area contributed by atoms with Crippen LogP contribution in [0.1, 0.15) is 21.5 Å². The monoisotopic (exact) mass is 645 g/mol. The maximum absolute atomic E-state index is 12.5. The Labute approximate surface area is 249 Å². The van der Waals surface area contributed by atoms with Gasteiger partial charge >= 0.3 is 11.8 Å². The number of benzene rings is 2. The van der Waals surface area contributed by atoms with E-state index in [1.807, 2.05) is 36.7 Å². The molecule has 1 N–H and O–H groups in total. The van der Waals surface area contributed by atoms with Crippen LogP contribution in [0.25, 0.3) is 33.1 Å². The third-order valence-electron chi connectivity index (χ3n) is 5.35. The Bertz CT molecular complexity index is 1620. The number of ketones is 1. The molecule has 0 saturated carbocycles. The smallest absolute Gasteiger partial charge is 0.455 e. The van der Waals surface area contributed by atoms with Gasteiger partial charge in [0.05, 0.1) is 16.8 Å². The molecule has 0 aliphatic carbocycles. The van der Waals surface area contributed by atoms with E-state index >= 15 is 0 Å². The number of hydrogen-bond donors (Lipinski definition) is 1. The molecule has 3 aromatic heterocycles. The Hall–Kier alpha value is -2.95. The van der Waals surface area contributed by atoms with E-state index in [1.54, 1.807) is 30.3 Å². The minimum Gasteiger partial charge on any atom is -0.506 e. The molecule has 6 nitrogen and oxygen atoms in total. The number of aromatic hydroxyl groups is 1. The molecule has 0 fully saturated rings. The normalized spacial score (nSPS) is 10.9. The number of rotatable bonds is 2. The molecule has 2 aromatic carbocycles. The van der Waals surface area contributed by atoms with Crippen molar-refractivity contribution in [1.82, 2.24) is 9.97 Å². The fourth-order valence-electron chi connectivity index (χ4n) is 3.61. The Morgan fingerprint density at radius 3 is 1.97 bits per heavy atom. The molecule has 1 radical (unpaired) electrons. The second kappa shape index (κ2) is 11.6. The van der Waals surface area contributed by atoms with Crippen LogP contribution in [-0.2, 0) is 0 Å². The van der Waals surface area contributed by atoms with Crippen LogP contribution in [0.5, 0.6) is 5.75 Å². The number of carbonyl (C=O) groups is 1. The van der Waals surface area contributed by atoms with E-state index in [2.05, 4.69) is 23.8 Å². The largest absolute Gasteiger partial charge is 0.506 e. The first-order chi connectivity index (χ1) is 17.1. The van der Waals surface area contributed by atoms with Crippen molar-refractivity contribution in [2.75, 3.05) is 0 Å². The standard InChI is InChI=1S/C15H7F3O4.C12H12N2.Eu/c16-15(17,18)13(20)10-11(19)9-6-5-7-3-1-2-4-8(7)12(9)22-14(10)21;1-9-3-5-13-11(7-9)12-8-10(2)4-6-14-12;/h1-6,19H;3-8H,1-2H3;. The number of fused-ring (bicyclic) bond motifs is 3. The molecule has 37 heavy (non-hydrogen) atoms. The maximum atomic E-state index is 12.5. The number of hydrogen-bond acceptors (Lipinski definition) is 6. The van der Waals surface area contributed by atoms with Gasteiger partial charge in [0, 0.05) is 67.2 Å². The number of aryl methyl sites for hydroxylation is 2. The van der Waals surface area contributed by atoms with Gasteiger partial charge < -0.3 is 9.52 Å². The van der Waals surface area contributed by atoms with Crippen LogP contribution >= 0.6 is 0 Å². The number of nitrogens with zero attached hydrogens (tertiary/aromatic N) is 2. The van der Waals surface area contributed by atoms with Crippen molar-refractivity contribution in [3.63, 3.8) is 0 Å². The van der Waals surface area contributed by atoms with Crippen molar-refractivity contribution in [2.45, 2.75) is 20.0 Å². The molecular weight excluding hydrogens is 625 g/mol. The van der Waals surface area contributed by atoms with Crippen molar-refractivity contribution in [1.29, 1.82) is 0 Å². The second-order valence-corrected chi connectivity index (χ2v) is 8.04. The van der Waals surface area contributed by atoms with Gasteiger partial charge in [0.15, 0.2) is 5.56 Å². The molecule has 3 heterocycles. The summed E-state index contributed by atoms with van der Waals surface area (Å²) in [5.41, 5.74) is 1.29. The molecule has 0 saturated heterocycles. The summed E-state index contributed by atoms with van der Waals surface area (Å²) in [4.78, 5) is 31.6. The van der Waals surface area contributed by atoms with E-state index in [-0.39, 0.29) is 60.3 Å². The Morgan fingerprint density at radius 1 is 0.865 bits per heavy atom. The van der Waals surface area contributed by atoms with E-state index in [0.717, 1.165) is 11.4 Å². The van der Waals surface area contributed by atoms with Crippen molar-refractivity contribution in [3.8, 4) is 17.1 Å². The summed E-state index contributed by atoms with van der Waals surface area (Å²) in [5, 5.41) is 10.9. The molecule has 0 amide bonds. The molecule has 189 valence electrons. The molecule has 5 aromatic rings. The summed E-state index contributed by atoms with van der Waals surface area (Å²) in [6.45, 7) is 4.11. The Kier molecular flexibility index (Phi) is 8.99. The summed E-state index contributed by atoms with van der Waals surface area (Å²) < 4.78 is 42.4. The third-order valence-corrected chi connectivity index (χ3v) is 5.35. The van der Waals surface area contributed by atoms with Gasteiger partial charge in [-0.3, -0.25) is 14.8 Å². The summed E-state index contributed by atoms with van der Waals surface area (Å²) in [6.07, 6.45) is -1.65. The van der Waals surface area contributed by atoms with Gasteiger partial charge in [0.25, 0.3) is 5.78 Å². The fourth-order valence-corrected chi connectivity index (χ4v) is 3.61. The topological polar surface area (TPSA) is 93.3 Å². The minimum absolute atomic E-state index is 0. The van der Waals surface area contributed by atoms with Crippen molar-refractivity contribution in [2.24, 2.45) is 0 Å². The van der Waals surface area contributed by atoms with Crippen LogP contribution in [0.15, 0.2) is 82.3 Å². The van der Waals surface area contributed by atoms with Gasteiger partial charge in [-0.2, -0.15) is 13.2 Å². The Morgan fingerprint density at radius 2 is 1.43 bits per heavy atom. The van der Waals surface area contributed by atoms with Crippen LogP contribution in [0.4, 0.5) is 13.2 Å². The molecule has 0 unspecified atom stereocenters. The number of alkyl halides is 3. The zero-order valence-electron chi connectivity index (χ0n) is 19.5. The van der Waals surface area contributed by atoms with Gasteiger partial charge in [-0.15, -0.1) is 0 Å². The summed E-state index contributed by atoms with van der Waals surface area (Å²) in [6, 6.07) is 17.6. The third kappa shape index (κ3) is 6.31. The van der Waals surface area contributed by atoms with E-state index in [9.17, 15) is 27.9 Å². The van der Waals surface area contributed by atoms with E-state index in [0.29, 0.717) is 10.8 Å². The first kappa shape index (κ1) is 28.6. The molecule has 0 atom stereocenters. The molecule has 10 heteroatoms. The van der Waals surface area contributed by atoms with Crippen molar-refractivity contribution < 1.29 is 76.9 Å². The number of halogens is 3. The SMILES string of the molecule is Cc1ccnc(-c2cc(C)ccn2)c1.O=C(c1c(O)c2ccc3ccccc3c2oc1=O)C(F)(F)F.[Eu]. The number of carbonyl (C=O) groups excluding carboxylic acids is 1. The average Bonchev–Trinajstić information content (AvgIpc) is 2.84. The molecular formula is C27H19EuF3N2O4. The zero-order chi connectivity index (χ0) is 26.0. The van der Waals surface area contributed by atoms with Gasteiger partial charge in [-0.05, 0) is 60.7 Å². The summed E-state index contributed by atoms with van der Waals surface area (Å²) in [5.74, 6) is -3.46. The predicted molar refractivity (Wildman–Crippen MR) is 129 cm³/mol. The average molecular weight is 644 g/mol. The fraction of sp³-hybridized carbons (Fsp3) is 0.111. The maximum Gasteiger partial charge on any atom is 0.455 e. The zero-order valence-corrected chi connectivity index (χ0v) is 21.9. The number of Topliss-reactive ketones (excluding diaryl/α,β-unsaturated/α-hetero) is 1. The van der Waals surface area contributed by atoms with Crippen LogP contribution in [0.2, 0.25) is 0 Å². The summed E-state index contributed by atoms with van der Waals surface area (Å²) >= 11 is 0. The van der Waals surface area contributed by atoms with Gasteiger partial charge in [0.2, 0.25) is 0 Å². The quantitative estimate of drug-likeness (QED) is 0.141. The molecule has 0 spiro atoms. The van der Waals surface area contributed by atoms with Crippen LogP contribution in [0.3, 0.4) is 0 Å². The second-order valence-electron chi connectivity index (χ2n) is 8.04.